The zero-order valence-electron chi connectivity index (χ0n) is 10.7. The number of nitrogens with two attached hydrogens (primary N) is 1. The minimum atomic E-state index is -3.69. The first-order chi connectivity index (χ1) is 8.88. The maximum absolute atomic E-state index is 11.4. The molecule has 0 fully saturated rings. The average molecular weight is 297 g/mol. The number of aromatic nitrogens is 1. The van der Waals surface area contributed by atoms with Crippen molar-refractivity contribution in [2.24, 2.45) is 5.14 Å². The number of thiazole rings is 1. The number of nitrogens with one attached hydrogen (secondary N) is 1. The Kier molecular flexibility index (Phi) is 3.88. The van der Waals surface area contributed by atoms with Crippen LogP contribution in [-0.2, 0) is 16.6 Å². The molecule has 0 aliphatic carbocycles. The van der Waals surface area contributed by atoms with E-state index < -0.39 is 10.0 Å². The molecule has 0 aliphatic rings. The highest BCUT2D eigenvalue weighted by atomic mass is 32.2. The van der Waals surface area contributed by atoms with E-state index in [-0.39, 0.29) is 4.90 Å². The maximum Gasteiger partial charge on any atom is 0.238 e. The van der Waals surface area contributed by atoms with Gasteiger partial charge in [0.05, 0.1) is 22.6 Å². The molecule has 7 heteroatoms. The van der Waals surface area contributed by atoms with Gasteiger partial charge in [0.1, 0.15) is 0 Å². The monoisotopic (exact) mass is 297 g/mol. The summed E-state index contributed by atoms with van der Waals surface area (Å²) in [6.07, 6.45) is 0. The van der Waals surface area contributed by atoms with Crippen LogP contribution >= 0.6 is 11.3 Å². The van der Waals surface area contributed by atoms with Crippen LogP contribution in [0.3, 0.4) is 0 Å². The van der Waals surface area contributed by atoms with Crippen LogP contribution in [0.4, 0.5) is 5.69 Å². The number of hydrogen-bond donors (Lipinski definition) is 2. The lowest BCUT2D eigenvalue weighted by molar-refractivity contribution is 0.597. The molecule has 0 atom stereocenters. The molecule has 0 spiro atoms. The Balaban J connectivity index is 2.21. The molecule has 19 heavy (non-hydrogen) atoms. The number of rotatable bonds is 4. The van der Waals surface area contributed by atoms with E-state index in [9.17, 15) is 8.42 Å². The summed E-state index contributed by atoms with van der Waals surface area (Å²) < 4.78 is 22.9. The van der Waals surface area contributed by atoms with Crippen LogP contribution in [0.2, 0.25) is 0 Å². The van der Waals surface area contributed by atoms with Crippen molar-refractivity contribution in [2.45, 2.75) is 25.3 Å². The molecule has 0 radical (unpaired) electrons. The zero-order chi connectivity index (χ0) is 14.0. The third-order valence-electron chi connectivity index (χ3n) is 2.79. The van der Waals surface area contributed by atoms with Gasteiger partial charge in [-0.05, 0) is 31.5 Å². The first-order valence-corrected chi connectivity index (χ1v) is 8.07. The van der Waals surface area contributed by atoms with Crippen LogP contribution < -0.4 is 10.5 Å². The van der Waals surface area contributed by atoms with Gasteiger partial charge in [0.25, 0.3) is 0 Å². The second kappa shape index (κ2) is 5.28. The molecule has 0 bridgehead atoms. The van der Waals surface area contributed by atoms with Gasteiger partial charge in [-0.1, -0.05) is 6.07 Å². The summed E-state index contributed by atoms with van der Waals surface area (Å²) in [5.74, 6) is 0. The van der Waals surface area contributed by atoms with Gasteiger partial charge in [0, 0.05) is 10.6 Å². The van der Waals surface area contributed by atoms with E-state index in [2.05, 4.69) is 10.3 Å². The zero-order valence-corrected chi connectivity index (χ0v) is 12.3. The van der Waals surface area contributed by atoms with Crippen LogP contribution in [0, 0.1) is 13.8 Å². The van der Waals surface area contributed by atoms with Crippen LogP contribution in [0.1, 0.15) is 16.1 Å². The number of nitrogens with zero attached hydrogens (tertiary/aromatic N) is 1. The number of benzene rings is 1. The summed E-state index contributed by atoms with van der Waals surface area (Å²) in [6.45, 7) is 4.28. The van der Waals surface area contributed by atoms with Crippen LogP contribution in [0.5, 0.6) is 0 Å². The average Bonchev–Trinajstić information content (AvgIpc) is 2.72. The second-order valence-electron chi connectivity index (χ2n) is 4.24. The molecule has 0 aliphatic heterocycles. The summed E-state index contributed by atoms with van der Waals surface area (Å²) in [7, 11) is -3.69. The van der Waals surface area contributed by atoms with Crippen molar-refractivity contribution < 1.29 is 8.42 Å². The lowest BCUT2D eigenvalue weighted by Gasteiger charge is -2.09. The van der Waals surface area contributed by atoms with Crippen molar-refractivity contribution >= 4 is 27.0 Å². The lowest BCUT2D eigenvalue weighted by atomic mass is 10.2. The molecule has 3 N–H and O–H groups in total. The fourth-order valence-corrected chi connectivity index (χ4v) is 3.22. The first-order valence-electron chi connectivity index (χ1n) is 5.64. The van der Waals surface area contributed by atoms with Gasteiger partial charge in [-0.3, -0.25) is 0 Å². The second-order valence-corrected chi connectivity index (χ2v) is 6.71. The number of sulfonamides is 1. The molecule has 1 heterocycles. The van der Waals surface area contributed by atoms with Gasteiger partial charge in [-0.2, -0.15) is 0 Å². The van der Waals surface area contributed by atoms with E-state index in [0.29, 0.717) is 12.1 Å². The third-order valence-corrected chi connectivity index (χ3v) is 4.78. The molecule has 0 unspecified atom stereocenters. The molecule has 2 rings (SSSR count). The molecule has 0 saturated heterocycles. The van der Waals surface area contributed by atoms with E-state index in [1.54, 1.807) is 35.9 Å². The van der Waals surface area contributed by atoms with Crippen molar-refractivity contribution in [3.8, 4) is 0 Å². The van der Waals surface area contributed by atoms with Gasteiger partial charge >= 0.3 is 0 Å². The molecular formula is C12H15N3O2S2. The summed E-state index contributed by atoms with van der Waals surface area (Å²) >= 11 is 1.57. The van der Waals surface area contributed by atoms with Gasteiger partial charge in [0.15, 0.2) is 0 Å². The molecular weight excluding hydrogens is 282 g/mol. The van der Waals surface area contributed by atoms with Crippen LogP contribution in [0.15, 0.2) is 28.6 Å². The minimum Gasteiger partial charge on any atom is -0.380 e. The van der Waals surface area contributed by atoms with Crippen molar-refractivity contribution in [3.63, 3.8) is 0 Å². The normalized spacial score (nSPS) is 11.5. The van der Waals surface area contributed by atoms with Gasteiger partial charge in [-0.15, -0.1) is 11.3 Å². The Hall–Kier alpha value is -1.44. The van der Waals surface area contributed by atoms with Crippen molar-refractivity contribution in [2.75, 3.05) is 5.32 Å². The first kappa shape index (κ1) is 14.0. The van der Waals surface area contributed by atoms with Crippen molar-refractivity contribution in [1.82, 2.24) is 4.98 Å². The van der Waals surface area contributed by atoms with Gasteiger partial charge in [-0.25, -0.2) is 18.5 Å². The van der Waals surface area contributed by atoms with Crippen molar-refractivity contribution in [1.29, 1.82) is 0 Å². The quantitative estimate of drug-likeness (QED) is 0.904. The fraction of sp³-hybridized carbons (Fsp3) is 0.250. The molecule has 5 nitrogen and oxygen atoms in total. The maximum atomic E-state index is 11.4. The van der Waals surface area contributed by atoms with Crippen LogP contribution in [0.25, 0.3) is 0 Å². The predicted molar refractivity (Wildman–Crippen MR) is 76.7 cm³/mol. The minimum absolute atomic E-state index is 0.151. The topological polar surface area (TPSA) is 85.1 Å². The summed E-state index contributed by atoms with van der Waals surface area (Å²) in [5, 5.41) is 8.36. The Morgan fingerprint density at radius 2 is 2.11 bits per heavy atom. The molecule has 2 aromatic rings. The highest BCUT2D eigenvalue weighted by Crippen LogP contribution is 2.20. The number of hydrogen-bond acceptors (Lipinski definition) is 5. The van der Waals surface area contributed by atoms with E-state index >= 15 is 0 Å². The highest BCUT2D eigenvalue weighted by Gasteiger charge is 2.12. The van der Waals surface area contributed by atoms with Crippen molar-refractivity contribution in [3.05, 3.63) is 39.8 Å². The SMILES string of the molecule is Cc1ccc(NCc2scnc2C)cc1S(N)(=O)=O. The lowest BCUT2D eigenvalue weighted by Crippen LogP contribution is -2.14. The van der Waals surface area contributed by atoms with Gasteiger partial charge in [0.2, 0.25) is 10.0 Å². The number of aryl methyl sites for hydroxylation is 2. The Morgan fingerprint density at radius 1 is 1.37 bits per heavy atom. The largest absolute Gasteiger partial charge is 0.380 e. The van der Waals surface area contributed by atoms with Crippen LogP contribution in [-0.4, -0.2) is 13.4 Å². The fourth-order valence-electron chi connectivity index (χ4n) is 1.69. The Bertz CT molecular complexity index is 693. The van der Waals surface area contributed by atoms with E-state index in [1.807, 2.05) is 13.0 Å². The summed E-state index contributed by atoms with van der Waals surface area (Å²) in [6, 6.07) is 5.13. The number of anilines is 1. The predicted octanol–water partition coefficient (Wildman–Crippen LogP) is 2.02. The van der Waals surface area contributed by atoms with Gasteiger partial charge < -0.3 is 5.32 Å². The molecule has 1 aromatic carbocycles. The van der Waals surface area contributed by atoms with E-state index in [0.717, 1.165) is 16.3 Å². The molecule has 1 aromatic heterocycles. The summed E-state index contributed by atoms with van der Waals surface area (Å²) in [5.41, 5.74) is 4.14. The molecule has 0 saturated carbocycles. The van der Waals surface area contributed by atoms with E-state index in [1.165, 1.54) is 0 Å². The Morgan fingerprint density at radius 3 is 2.68 bits per heavy atom. The highest BCUT2D eigenvalue weighted by molar-refractivity contribution is 7.89. The summed E-state index contributed by atoms with van der Waals surface area (Å²) in [4.78, 5) is 5.44. The number of primary sulfonamides is 1. The smallest absolute Gasteiger partial charge is 0.238 e. The Labute approximate surface area is 116 Å². The standard InChI is InChI=1S/C12H15N3O2S2/c1-8-3-4-10(5-12(8)19(13,16)17)14-6-11-9(2)15-7-18-11/h3-5,7,14H,6H2,1-2H3,(H2,13,16,17). The third kappa shape index (κ3) is 3.31. The van der Waals surface area contributed by atoms with E-state index in [4.69, 9.17) is 5.14 Å². The molecule has 0 amide bonds. The molecule has 102 valence electrons.